The summed E-state index contributed by atoms with van der Waals surface area (Å²) in [5, 5.41) is 9.42. The molecular formula is C12H19NO3. The lowest BCUT2D eigenvalue weighted by molar-refractivity contribution is -0.158. The number of carboxylic acid groups (broad SMARTS) is 1. The molecule has 2 saturated heterocycles. The molecule has 0 bridgehead atoms. The first-order chi connectivity index (χ1) is 7.64. The zero-order valence-corrected chi connectivity index (χ0v) is 9.57. The third kappa shape index (κ3) is 1.64. The number of nitrogens with zero attached hydrogens (tertiary/aromatic N) is 1. The van der Waals surface area contributed by atoms with Crippen LogP contribution in [-0.4, -0.2) is 48.8 Å². The van der Waals surface area contributed by atoms with Crippen LogP contribution in [-0.2, 0) is 9.53 Å². The third-order valence-electron chi connectivity index (χ3n) is 4.50. The fourth-order valence-electron chi connectivity index (χ4n) is 3.14. The van der Waals surface area contributed by atoms with Crippen molar-refractivity contribution in [1.29, 1.82) is 0 Å². The molecule has 4 nitrogen and oxygen atoms in total. The molecule has 16 heavy (non-hydrogen) atoms. The van der Waals surface area contributed by atoms with Gasteiger partial charge in [-0.15, -0.1) is 0 Å². The topological polar surface area (TPSA) is 49.8 Å². The molecule has 0 radical (unpaired) electrons. The Balaban J connectivity index is 1.62. The van der Waals surface area contributed by atoms with Crippen LogP contribution in [0.1, 0.15) is 25.7 Å². The quantitative estimate of drug-likeness (QED) is 0.777. The summed E-state index contributed by atoms with van der Waals surface area (Å²) in [6.07, 6.45) is 4.05. The van der Waals surface area contributed by atoms with Gasteiger partial charge >= 0.3 is 5.97 Å². The Hall–Kier alpha value is -0.610. The second-order valence-electron chi connectivity index (χ2n) is 5.84. The number of carboxylic acids is 1. The van der Waals surface area contributed by atoms with Crippen LogP contribution < -0.4 is 0 Å². The summed E-state index contributed by atoms with van der Waals surface area (Å²) >= 11 is 0. The van der Waals surface area contributed by atoms with Crippen molar-refractivity contribution < 1.29 is 14.6 Å². The van der Waals surface area contributed by atoms with Gasteiger partial charge in [0, 0.05) is 32.8 Å². The minimum atomic E-state index is -0.632. The maximum atomic E-state index is 11.4. The molecular weight excluding hydrogens is 206 g/mol. The molecule has 1 aliphatic carbocycles. The molecule has 90 valence electrons. The molecule has 0 aromatic rings. The molecule has 0 unspecified atom stereocenters. The van der Waals surface area contributed by atoms with Gasteiger partial charge in [-0.2, -0.15) is 0 Å². The lowest BCUT2D eigenvalue weighted by atomic mass is 9.78. The third-order valence-corrected chi connectivity index (χ3v) is 4.50. The van der Waals surface area contributed by atoms with Crippen LogP contribution in [0.15, 0.2) is 0 Å². The van der Waals surface area contributed by atoms with E-state index in [4.69, 9.17) is 4.74 Å². The van der Waals surface area contributed by atoms with E-state index in [1.807, 2.05) is 0 Å². The smallest absolute Gasteiger partial charge is 0.311 e. The van der Waals surface area contributed by atoms with Crippen molar-refractivity contribution in [2.75, 3.05) is 32.8 Å². The molecule has 1 spiro atoms. The van der Waals surface area contributed by atoms with Crippen LogP contribution >= 0.6 is 0 Å². The Labute approximate surface area is 95.6 Å². The van der Waals surface area contributed by atoms with Crippen molar-refractivity contribution in [2.24, 2.45) is 10.8 Å². The number of aliphatic carboxylic acids is 1. The molecule has 0 aromatic heterocycles. The predicted molar refractivity (Wildman–Crippen MR) is 58.2 cm³/mol. The molecule has 2 aliphatic heterocycles. The summed E-state index contributed by atoms with van der Waals surface area (Å²) in [7, 11) is 0. The summed E-state index contributed by atoms with van der Waals surface area (Å²) in [6, 6.07) is 0. The molecule has 1 saturated carbocycles. The second-order valence-corrected chi connectivity index (χ2v) is 5.84. The normalized spacial score (nSPS) is 31.0. The summed E-state index contributed by atoms with van der Waals surface area (Å²) < 4.78 is 5.28. The van der Waals surface area contributed by atoms with Crippen molar-refractivity contribution in [1.82, 2.24) is 4.90 Å². The number of hydrogen-bond donors (Lipinski definition) is 1. The summed E-state index contributed by atoms with van der Waals surface area (Å²) in [5.41, 5.74) is 0.0829. The highest BCUT2D eigenvalue weighted by Crippen LogP contribution is 2.53. The van der Waals surface area contributed by atoms with Gasteiger partial charge in [-0.3, -0.25) is 4.79 Å². The Morgan fingerprint density at radius 3 is 2.31 bits per heavy atom. The van der Waals surface area contributed by atoms with Gasteiger partial charge in [-0.25, -0.2) is 0 Å². The Morgan fingerprint density at radius 1 is 1.19 bits per heavy atom. The maximum Gasteiger partial charge on any atom is 0.311 e. The molecule has 1 N–H and O–H groups in total. The van der Waals surface area contributed by atoms with Gasteiger partial charge in [0.15, 0.2) is 0 Å². The van der Waals surface area contributed by atoms with Crippen molar-refractivity contribution >= 4 is 5.97 Å². The zero-order valence-electron chi connectivity index (χ0n) is 9.57. The number of hydrogen-bond acceptors (Lipinski definition) is 3. The fourth-order valence-corrected chi connectivity index (χ4v) is 3.14. The molecule has 2 heterocycles. The Morgan fingerprint density at radius 2 is 1.81 bits per heavy atom. The van der Waals surface area contributed by atoms with Crippen LogP contribution in [0.2, 0.25) is 0 Å². The molecule has 0 amide bonds. The van der Waals surface area contributed by atoms with Crippen molar-refractivity contribution in [3.8, 4) is 0 Å². The van der Waals surface area contributed by atoms with E-state index in [2.05, 4.69) is 4.90 Å². The Kier molecular flexibility index (Phi) is 2.27. The van der Waals surface area contributed by atoms with Crippen molar-refractivity contribution in [2.45, 2.75) is 25.7 Å². The number of likely N-dealkylation sites (tertiary alicyclic amines) is 1. The first-order valence-electron chi connectivity index (χ1n) is 6.18. The van der Waals surface area contributed by atoms with E-state index in [0.29, 0.717) is 31.5 Å². The van der Waals surface area contributed by atoms with Gasteiger partial charge in [0.05, 0.1) is 5.41 Å². The average molecular weight is 225 g/mol. The standard InChI is InChI=1S/C12H19NO3/c14-10(15)12(3-5-16-6-4-12)9-13-7-11(8-13)1-2-11/h1-9H2,(H,14,15). The molecule has 3 aliphatic rings. The predicted octanol–water partition coefficient (Wildman–Crippen LogP) is 0.964. The van der Waals surface area contributed by atoms with Gasteiger partial charge in [0.1, 0.15) is 0 Å². The lowest BCUT2D eigenvalue weighted by Crippen LogP contribution is -2.55. The minimum absolute atomic E-state index is 0.533. The van der Waals surface area contributed by atoms with Crippen molar-refractivity contribution in [3.05, 3.63) is 0 Å². The van der Waals surface area contributed by atoms with Crippen LogP contribution in [0.5, 0.6) is 0 Å². The molecule has 3 fully saturated rings. The van der Waals surface area contributed by atoms with Crippen LogP contribution in [0.4, 0.5) is 0 Å². The number of rotatable bonds is 3. The van der Waals surface area contributed by atoms with Gasteiger partial charge in [0.25, 0.3) is 0 Å². The van der Waals surface area contributed by atoms with Gasteiger partial charge < -0.3 is 14.7 Å². The van der Waals surface area contributed by atoms with E-state index in [1.54, 1.807) is 0 Å². The monoisotopic (exact) mass is 225 g/mol. The minimum Gasteiger partial charge on any atom is -0.481 e. The van der Waals surface area contributed by atoms with E-state index in [1.165, 1.54) is 12.8 Å². The van der Waals surface area contributed by atoms with E-state index in [-0.39, 0.29) is 0 Å². The van der Waals surface area contributed by atoms with Crippen LogP contribution in [0.25, 0.3) is 0 Å². The number of ether oxygens (including phenoxy) is 1. The SMILES string of the molecule is O=C(O)C1(CN2CC3(CC3)C2)CCOCC1. The average Bonchev–Trinajstić information content (AvgIpc) is 2.98. The fraction of sp³-hybridized carbons (Fsp3) is 0.917. The molecule has 3 rings (SSSR count). The summed E-state index contributed by atoms with van der Waals surface area (Å²) in [4.78, 5) is 13.8. The van der Waals surface area contributed by atoms with Crippen LogP contribution in [0, 0.1) is 10.8 Å². The van der Waals surface area contributed by atoms with E-state index >= 15 is 0 Å². The summed E-state index contributed by atoms with van der Waals surface area (Å²) in [6.45, 7) is 4.19. The van der Waals surface area contributed by atoms with E-state index in [9.17, 15) is 9.90 Å². The zero-order chi connectivity index (χ0) is 11.2. The molecule has 0 aromatic carbocycles. The largest absolute Gasteiger partial charge is 0.481 e. The number of carbonyl (C=O) groups is 1. The van der Waals surface area contributed by atoms with Crippen LogP contribution in [0.3, 0.4) is 0 Å². The highest BCUT2D eigenvalue weighted by molar-refractivity contribution is 5.75. The lowest BCUT2D eigenvalue weighted by Gasteiger charge is -2.45. The van der Waals surface area contributed by atoms with Gasteiger partial charge in [-0.1, -0.05) is 0 Å². The molecule has 4 heteroatoms. The highest BCUT2D eigenvalue weighted by Gasteiger charge is 2.54. The second kappa shape index (κ2) is 3.44. The van der Waals surface area contributed by atoms with Gasteiger partial charge in [-0.05, 0) is 31.1 Å². The highest BCUT2D eigenvalue weighted by atomic mass is 16.5. The maximum absolute atomic E-state index is 11.4. The Bertz CT molecular complexity index is 297. The molecule has 0 atom stereocenters. The van der Waals surface area contributed by atoms with E-state index < -0.39 is 11.4 Å². The van der Waals surface area contributed by atoms with Gasteiger partial charge in [0.2, 0.25) is 0 Å². The first-order valence-corrected chi connectivity index (χ1v) is 6.18. The van der Waals surface area contributed by atoms with E-state index in [0.717, 1.165) is 19.6 Å². The summed E-state index contributed by atoms with van der Waals surface area (Å²) in [5.74, 6) is -0.632. The first kappa shape index (κ1) is 10.5. The van der Waals surface area contributed by atoms with Crippen molar-refractivity contribution in [3.63, 3.8) is 0 Å².